The van der Waals surface area contributed by atoms with Gasteiger partial charge < -0.3 is 4.74 Å². The minimum atomic E-state index is -0.553. The second-order valence-electron chi connectivity index (χ2n) is 1.75. The molecular weight excluding hydrogens is 147 g/mol. The molecule has 0 amide bonds. The van der Waals surface area contributed by atoms with E-state index in [4.69, 9.17) is 10.00 Å². The Balaban J connectivity index is 2.71. The number of aromatic nitrogens is 1. The first kappa shape index (κ1) is 7.48. The summed E-state index contributed by atoms with van der Waals surface area (Å²) in [7, 11) is 0. The van der Waals surface area contributed by atoms with Gasteiger partial charge >= 0.3 is 0 Å². The third-order valence-corrected chi connectivity index (χ3v) is 1.03. The van der Waals surface area contributed by atoms with Crippen LogP contribution in [0.3, 0.4) is 0 Å². The van der Waals surface area contributed by atoms with Crippen molar-refractivity contribution >= 4 is 0 Å². The van der Waals surface area contributed by atoms with Gasteiger partial charge in [-0.25, -0.2) is 4.39 Å². The summed E-state index contributed by atoms with van der Waals surface area (Å²) in [6, 6.07) is 3.10. The molecule has 0 saturated carbocycles. The molecule has 0 aliphatic carbocycles. The fourth-order valence-corrected chi connectivity index (χ4v) is 0.590. The first-order valence-corrected chi connectivity index (χ1v) is 2.94. The topological polar surface area (TPSA) is 45.9 Å². The number of rotatable bonds is 2. The fourth-order valence-electron chi connectivity index (χ4n) is 0.590. The zero-order valence-corrected chi connectivity index (χ0v) is 5.62. The number of pyridine rings is 1. The zero-order chi connectivity index (χ0) is 8.10. The Morgan fingerprint density at radius 3 is 3.18 bits per heavy atom. The molecule has 0 saturated heterocycles. The van der Waals surface area contributed by atoms with Crippen molar-refractivity contribution in [3.8, 4) is 11.8 Å². The van der Waals surface area contributed by atoms with Crippen LogP contribution in [0.2, 0.25) is 0 Å². The van der Waals surface area contributed by atoms with Crippen LogP contribution >= 0.6 is 0 Å². The van der Waals surface area contributed by atoms with E-state index in [0.717, 1.165) is 6.20 Å². The average molecular weight is 152 g/mol. The van der Waals surface area contributed by atoms with E-state index in [1.165, 1.54) is 12.3 Å². The van der Waals surface area contributed by atoms with Gasteiger partial charge in [-0.15, -0.1) is 0 Å². The molecule has 0 spiro atoms. The molecule has 3 nitrogen and oxygen atoms in total. The van der Waals surface area contributed by atoms with Gasteiger partial charge in [-0.2, -0.15) is 5.26 Å². The summed E-state index contributed by atoms with van der Waals surface area (Å²) in [6.45, 7) is -0.152. The maximum absolute atomic E-state index is 12.6. The summed E-state index contributed by atoms with van der Waals surface area (Å²) in [5, 5.41) is 8.11. The zero-order valence-electron chi connectivity index (χ0n) is 5.62. The first-order valence-electron chi connectivity index (χ1n) is 2.94. The summed E-state index contributed by atoms with van der Waals surface area (Å²) < 4.78 is 17.3. The summed E-state index contributed by atoms with van der Waals surface area (Å²) in [6.07, 6.45) is 2.43. The maximum Gasteiger partial charge on any atom is 0.183 e. The van der Waals surface area contributed by atoms with Crippen LogP contribution in [0.15, 0.2) is 18.5 Å². The van der Waals surface area contributed by atoms with Gasteiger partial charge in [-0.1, -0.05) is 0 Å². The van der Waals surface area contributed by atoms with Crippen LogP contribution < -0.4 is 4.74 Å². The highest BCUT2D eigenvalue weighted by Crippen LogP contribution is 2.12. The average Bonchev–Trinajstić information content (AvgIpc) is 2.03. The molecule has 0 aliphatic rings. The molecule has 0 bridgehead atoms. The standard InChI is InChI=1S/C7H5FN2O/c8-6-5-10-3-1-7(6)11-4-2-9/h1,3,5H,4H2. The van der Waals surface area contributed by atoms with E-state index in [-0.39, 0.29) is 12.4 Å². The van der Waals surface area contributed by atoms with Crippen LogP contribution in [0, 0.1) is 17.1 Å². The summed E-state index contributed by atoms with van der Waals surface area (Å²) in [5.41, 5.74) is 0. The lowest BCUT2D eigenvalue weighted by atomic mass is 10.4. The number of nitriles is 1. The Hall–Kier alpha value is -1.63. The van der Waals surface area contributed by atoms with Crippen molar-refractivity contribution in [3.63, 3.8) is 0 Å². The lowest BCUT2D eigenvalue weighted by molar-refractivity contribution is 0.345. The van der Waals surface area contributed by atoms with Gasteiger partial charge in [0.1, 0.15) is 6.07 Å². The van der Waals surface area contributed by atoms with Crippen LogP contribution in [-0.4, -0.2) is 11.6 Å². The van der Waals surface area contributed by atoms with E-state index in [1.807, 2.05) is 0 Å². The van der Waals surface area contributed by atoms with Crippen molar-refractivity contribution in [2.75, 3.05) is 6.61 Å². The van der Waals surface area contributed by atoms with Crippen molar-refractivity contribution in [2.24, 2.45) is 0 Å². The van der Waals surface area contributed by atoms with Crippen molar-refractivity contribution in [1.82, 2.24) is 4.98 Å². The van der Waals surface area contributed by atoms with Gasteiger partial charge in [0.25, 0.3) is 0 Å². The maximum atomic E-state index is 12.6. The molecule has 0 radical (unpaired) electrons. The van der Waals surface area contributed by atoms with Gasteiger partial charge in [0.2, 0.25) is 0 Å². The predicted molar refractivity (Wildman–Crippen MR) is 35.3 cm³/mol. The number of ether oxygens (including phenoxy) is 1. The SMILES string of the molecule is N#CCOc1ccncc1F. The molecule has 1 aromatic heterocycles. The second-order valence-corrected chi connectivity index (χ2v) is 1.75. The molecule has 4 heteroatoms. The Kier molecular flexibility index (Phi) is 2.39. The van der Waals surface area contributed by atoms with Gasteiger partial charge in [0.05, 0.1) is 6.20 Å². The number of hydrogen-bond acceptors (Lipinski definition) is 3. The Morgan fingerprint density at radius 1 is 1.73 bits per heavy atom. The van der Waals surface area contributed by atoms with Crippen molar-refractivity contribution in [3.05, 3.63) is 24.3 Å². The van der Waals surface area contributed by atoms with E-state index in [1.54, 1.807) is 6.07 Å². The molecule has 56 valence electrons. The van der Waals surface area contributed by atoms with E-state index in [2.05, 4.69) is 4.98 Å². The molecular formula is C7H5FN2O. The highest BCUT2D eigenvalue weighted by molar-refractivity contribution is 5.19. The molecule has 1 aromatic rings. The molecule has 11 heavy (non-hydrogen) atoms. The van der Waals surface area contributed by atoms with E-state index < -0.39 is 5.82 Å². The molecule has 0 unspecified atom stereocenters. The third-order valence-electron chi connectivity index (χ3n) is 1.03. The fraction of sp³-hybridized carbons (Fsp3) is 0.143. The van der Waals surface area contributed by atoms with Gasteiger partial charge in [0.15, 0.2) is 18.2 Å². The van der Waals surface area contributed by atoms with Crippen molar-refractivity contribution < 1.29 is 9.13 Å². The Labute approximate surface area is 63.1 Å². The highest BCUT2D eigenvalue weighted by Gasteiger charge is 1.99. The number of hydrogen-bond donors (Lipinski definition) is 0. The van der Waals surface area contributed by atoms with Gasteiger partial charge in [-0.05, 0) is 0 Å². The van der Waals surface area contributed by atoms with Crippen LogP contribution in [0.4, 0.5) is 4.39 Å². The van der Waals surface area contributed by atoms with Gasteiger partial charge in [-0.3, -0.25) is 4.98 Å². The lowest BCUT2D eigenvalue weighted by Crippen LogP contribution is -1.95. The number of halogens is 1. The van der Waals surface area contributed by atoms with Crippen molar-refractivity contribution in [2.45, 2.75) is 0 Å². The molecule has 0 atom stereocenters. The minimum Gasteiger partial charge on any atom is -0.476 e. The highest BCUT2D eigenvalue weighted by atomic mass is 19.1. The monoisotopic (exact) mass is 152 g/mol. The smallest absolute Gasteiger partial charge is 0.183 e. The van der Waals surface area contributed by atoms with E-state index in [9.17, 15) is 4.39 Å². The molecule has 0 fully saturated rings. The van der Waals surface area contributed by atoms with E-state index in [0.29, 0.717) is 0 Å². The summed E-state index contributed by atoms with van der Waals surface area (Å²) in [4.78, 5) is 3.52. The molecule has 1 rings (SSSR count). The Morgan fingerprint density at radius 2 is 2.55 bits per heavy atom. The Bertz CT molecular complexity index is 282. The van der Waals surface area contributed by atoms with Crippen LogP contribution in [0.1, 0.15) is 0 Å². The molecule has 0 aromatic carbocycles. The third kappa shape index (κ3) is 1.90. The van der Waals surface area contributed by atoms with E-state index >= 15 is 0 Å². The quantitative estimate of drug-likeness (QED) is 0.637. The summed E-state index contributed by atoms with van der Waals surface area (Å²) in [5.74, 6) is -0.496. The molecule has 0 aliphatic heterocycles. The largest absolute Gasteiger partial charge is 0.476 e. The van der Waals surface area contributed by atoms with Crippen LogP contribution in [-0.2, 0) is 0 Å². The second kappa shape index (κ2) is 3.52. The molecule has 0 N–H and O–H groups in total. The summed E-state index contributed by atoms with van der Waals surface area (Å²) >= 11 is 0. The van der Waals surface area contributed by atoms with Crippen molar-refractivity contribution in [1.29, 1.82) is 5.26 Å². The predicted octanol–water partition coefficient (Wildman–Crippen LogP) is 1.12. The first-order chi connectivity index (χ1) is 5.34. The lowest BCUT2D eigenvalue weighted by Gasteiger charge is -1.99. The normalized spacial score (nSPS) is 8.73. The minimum absolute atomic E-state index is 0.0570. The van der Waals surface area contributed by atoms with Crippen LogP contribution in [0.5, 0.6) is 5.75 Å². The van der Waals surface area contributed by atoms with Crippen LogP contribution in [0.25, 0.3) is 0 Å². The number of nitrogens with zero attached hydrogens (tertiary/aromatic N) is 2. The van der Waals surface area contributed by atoms with Gasteiger partial charge in [0, 0.05) is 12.3 Å². The molecule has 1 heterocycles.